The Morgan fingerprint density at radius 1 is 1.00 bits per heavy atom. The van der Waals surface area contributed by atoms with E-state index in [0.29, 0.717) is 25.2 Å². The lowest BCUT2D eigenvalue weighted by Gasteiger charge is -2.35. The summed E-state index contributed by atoms with van der Waals surface area (Å²) >= 11 is 0. The van der Waals surface area contributed by atoms with Crippen LogP contribution in [0.2, 0.25) is 0 Å². The molecule has 1 aliphatic rings. The Morgan fingerprint density at radius 2 is 1.69 bits per heavy atom. The van der Waals surface area contributed by atoms with Crippen molar-refractivity contribution in [1.82, 2.24) is 9.21 Å². The smallest absolute Gasteiger partial charge is 0.261 e. The molecule has 3 aromatic rings. The number of fused-ring (bicyclic) bond motifs is 1. The first-order chi connectivity index (χ1) is 23.3. The number of amides is 1. The average Bonchev–Trinajstić information content (AvgIpc) is 3.09. The fourth-order valence-electron chi connectivity index (χ4n) is 5.54. The van der Waals surface area contributed by atoms with Crippen LogP contribution in [0.1, 0.15) is 50.4 Å². The SMILES string of the molecule is COc1ccc(S(=O)(=O)Nc2ccc3c(c2)C(=O)N([C@H](C)CO)C[C@@H](C)[C@@H](CN(C)S(=O)(=O)c2ccccc2)OCCCC[C@H](C)O3)cc1. The van der Waals surface area contributed by atoms with Crippen molar-refractivity contribution in [2.75, 3.05) is 45.2 Å². The molecule has 0 fully saturated rings. The third kappa shape index (κ3) is 9.73. The number of benzene rings is 3. The number of hydrogen-bond donors (Lipinski definition) is 2. The highest BCUT2D eigenvalue weighted by Gasteiger charge is 2.32. The first-order valence-corrected chi connectivity index (χ1v) is 19.2. The minimum absolute atomic E-state index is 0.0132. The molecule has 0 saturated heterocycles. The Hall–Kier alpha value is -3.69. The summed E-state index contributed by atoms with van der Waals surface area (Å²) in [5, 5.41) is 10.2. The van der Waals surface area contributed by atoms with E-state index in [0.717, 1.165) is 6.42 Å². The van der Waals surface area contributed by atoms with Crippen molar-refractivity contribution in [3.8, 4) is 11.5 Å². The van der Waals surface area contributed by atoms with Gasteiger partial charge in [-0.2, -0.15) is 4.31 Å². The number of likely N-dealkylation sites (N-methyl/N-ethyl adjacent to an activating group) is 1. The van der Waals surface area contributed by atoms with Gasteiger partial charge in [0.15, 0.2) is 0 Å². The number of rotatable bonds is 10. The molecular formula is C35H47N3O9S2. The van der Waals surface area contributed by atoms with Gasteiger partial charge in [-0.05, 0) is 87.7 Å². The minimum Gasteiger partial charge on any atom is -0.497 e. The maximum atomic E-state index is 14.4. The fourth-order valence-corrected chi connectivity index (χ4v) is 7.80. The number of methoxy groups -OCH3 is 1. The molecule has 3 aromatic carbocycles. The number of aliphatic hydroxyl groups excluding tert-OH is 1. The van der Waals surface area contributed by atoms with E-state index < -0.39 is 38.1 Å². The normalized spacial score (nSPS) is 20.5. The van der Waals surface area contributed by atoms with Crippen LogP contribution in [0.4, 0.5) is 5.69 Å². The minimum atomic E-state index is -4.02. The summed E-state index contributed by atoms with van der Waals surface area (Å²) in [7, 11) is -4.83. The zero-order chi connectivity index (χ0) is 35.8. The predicted octanol–water partition coefficient (Wildman–Crippen LogP) is 4.61. The number of hydrogen-bond acceptors (Lipinski definition) is 9. The lowest BCUT2D eigenvalue weighted by atomic mass is 10.0. The molecule has 0 unspecified atom stereocenters. The number of nitrogens with one attached hydrogen (secondary N) is 1. The van der Waals surface area contributed by atoms with Gasteiger partial charge in [0.05, 0.1) is 47.3 Å². The molecule has 0 aliphatic carbocycles. The Kier molecular flexibility index (Phi) is 13.1. The number of ether oxygens (including phenoxy) is 3. The van der Waals surface area contributed by atoms with Crippen molar-refractivity contribution in [3.63, 3.8) is 0 Å². The van der Waals surface area contributed by atoms with Crippen molar-refractivity contribution < 1.29 is 40.9 Å². The molecule has 1 heterocycles. The van der Waals surface area contributed by atoms with Gasteiger partial charge in [-0.1, -0.05) is 25.1 Å². The lowest BCUT2D eigenvalue weighted by Crippen LogP contribution is -2.48. The quantitative estimate of drug-likeness (QED) is 0.306. The zero-order valence-corrected chi connectivity index (χ0v) is 30.2. The second-order valence-electron chi connectivity index (χ2n) is 12.4. The molecule has 0 aromatic heterocycles. The molecule has 2 N–H and O–H groups in total. The van der Waals surface area contributed by atoms with E-state index in [2.05, 4.69) is 4.72 Å². The summed E-state index contributed by atoms with van der Waals surface area (Å²) < 4.78 is 74.7. The number of anilines is 1. The topological polar surface area (TPSA) is 152 Å². The molecule has 0 radical (unpaired) electrons. The van der Waals surface area contributed by atoms with Gasteiger partial charge in [-0.15, -0.1) is 0 Å². The van der Waals surface area contributed by atoms with Crippen LogP contribution in [0.25, 0.3) is 0 Å². The van der Waals surface area contributed by atoms with Crippen LogP contribution >= 0.6 is 0 Å². The third-order valence-corrected chi connectivity index (χ3v) is 11.8. The largest absolute Gasteiger partial charge is 0.497 e. The van der Waals surface area contributed by atoms with Crippen molar-refractivity contribution >= 4 is 31.6 Å². The average molecular weight is 718 g/mol. The molecule has 1 aliphatic heterocycles. The van der Waals surface area contributed by atoms with Crippen LogP contribution in [-0.2, 0) is 24.8 Å². The zero-order valence-electron chi connectivity index (χ0n) is 28.6. The maximum absolute atomic E-state index is 14.4. The van der Waals surface area contributed by atoms with Crippen LogP contribution in [-0.4, -0.2) is 95.8 Å². The van der Waals surface area contributed by atoms with Crippen LogP contribution in [0.5, 0.6) is 11.5 Å². The van der Waals surface area contributed by atoms with E-state index in [9.17, 15) is 26.7 Å². The van der Waals surface area contributed by atoms with Crippen LogP contribution in [0.15, 0.2) is 82.6 Å². The van der Waals surface area contributed by atoms with E-state index >= 15 is 0 Å². The van der Waals surface area contributed by atoms with Gasteiger partial charge in [0.25, 0.3) is 15.9 Å². The first-order valence-electron chi connectivity index (χ1n) is 16.3. The standard InChI is InChI=1S/C35H47N3O9S2/c1-25-22-38(26(2)24-39)35(40)32-21-28(36-48(41,42)30-17-15-29(45-5)16-18-30)14-19-33(32)47-27(3)11-9-10-20-46-34(25)23-37(4)49(43,44)31-12-7-6-8-13-31/h6-8,12-19,21,25-27,34,36,39H,9-11,20,22-24H2,1-5H3/t25-,26-,27+,34-/m1/s1. The summed E-state index contributed by atoms with van der Waals surface area (Å²) in [5.41, 5.74) is 0.270. The second kappa shape index (κ2) is 16.8. The summed E-state index contributed by atoms with van der Waals surface area (Å²) in [4.78, 5) is 16.1. The number of carbonyl (C=O) groups is 1. The van der Waals surface area contributed by atoms with Crippen molar-refractivity contribution in [3.05, 3.63) is 78.4 Å². The fraction of sp³-hybridized carbons (Fsp3) is 0.457. The van der Waals surface area contributed by atoms with Crippen molar-refractivity contribution in [1.29, 1.82) is 0 Å². The molecule has 0 saturated carbocycles. The van der Waals surface area contributed by atoms with Gasteiger partial charge >= 0.3 is 0 Å². The van der Waals surface area contributed by atoms with Crippen molar-refractivity contribution in [2.45, 2.75) is 68.1 Å². The van der Waals surface area contributed by atoms with E-state index in [4.69, 9.17) is 14.2 Å². The first kappa shape index (κ1) is 38.1. The molecule has 49 heavy (non-hydrogen) atoms. The molecule has 0 spiro atoms. The highest BCUT2D eigenvalue weighted by molar-refractivity contribution is 7.92. The highest BCUT2D eigenvalue weighted by Crippen LogP contribution is 2.30. The highest BCUT2D eigenvalue weighted by atomic mass is 32.2. The van der Waals surface area contributed by atoms with Gasteiger partial charge < -0.3 is 24.2 Å². The summed E-state index contributed by atoms with van der Waals surface area (Å²) in [6.45, 7) is 5.67. The molecule has 4 rings (SSSR count). The number of sulfonamides is 2. The lowest BCUT2D eigenvalue weighted by molar-refractivity contribution is -0.00833. The van der Waals surface area contributed by atoms with E-state index in [1.807, 2.05) is 13.8 Å². The van der Waals surface area contributed by atoms with Crippen molar-refractivity contribution in [2.24, 2.45) is 5.92 Å². The summed E-state index contributed by atoms with van der Waals surface area (Å²) in [6.07, 6.45) is 1.26. The maximum Gasteiger partial charge on any atom is 0.261 e. The molecule has 268 valence electrons. The Balaban J connectivity index is 1.67. The molecule has 4 atom stereocenters. The van der Waals surface area contributed by atoms with E-state index in [1.165, 1.54) is 53.7 Å². The summed E-state index contributed by atoms with van der Waals surface area (Å²) in [6, 6.07) is 18.0. The van der Waals surface area contributed by atoms with Gasteiger partial charge in [-0.25, -0.2) is 16.8 Å². The van der Waals surface area contributed by atoms with Crippen LogP contribution in [0.3, 0.4) is 0 Å². The monoisotopic (exact) mass is 717 g/mol. The number of carbonyl (C=O) groups excluding carboxylic acids is 1. The number of nitrogens with zero attached hydrogens (tertiary/aromatic N) is 2. The van der Waals surface area contributed by atoms with E-state index in [1.54, 1.807) is 49.4 Å². The van der Waals surface area contributed by atoms with Gasteiger partial charge in [-0.3, -0.25) is 9.52 Å². The van der Waals surface area contributed by atoms with Gasteiger partial charge in [0, 0.05) is 38.3 Å². The third-order valence-electron chi connectivity index (χ3n) is 8.56. The van der Waals surface area contributed by atoms with E-state index in [-0.39, 0.29) is 58.5 Å². The van der Waals surface area contributed by atoms with Crippen LogP contribution in [0, 0.1) is 5.92 Å². The summed E-state index contributed by atoms with van der Waals surface area (Å²) in [5.74, 6) is -0.0608. The molecule has 14 heteroatoms. The molecular weight excluding hydrogens is 671 g/mol. The molecule has 1 amide bonds. The Morgan fingerprint density at radius 3 is 2.35 bits per heavy atom. The van der Waals surface area contributed by atoms with Gasteiger partial charge in [0.1, 0.15) is 11.5 Å². The van der Waals surface area contributed by atoms with Crippen LogP contribution < -0.4 is 14.2 Å². The molecule has 12 nitrogen and oxygen atoms in total. The Labute approximate surface area is 290 Å². The second-order valence-corrected chi connectivity index (χ2v) is 16.1. The predicted molar refractivity (Wildman–Crippen MR) is 187 cm³/mol. The number of aliphatic hydroxyl groups is 1. The van der Waals surface area contributed by atoms with Gasteiger partial charge in [0.2, 0.25) is 10.0 Å². The molecule has 0 bridgehead atoms. The Bertz CT molecular complexity index is 1750.